The molecule has 1 aromatic rings. The van der Waals surface area contributed by atoms with E-state index in [1.54, 1.807) is 0 Å². The number of piperidine rings is 2. The summed E-state index contributed by atoms with van der Waals surface area (Å²) in [5.74, 6) is 1.36. The van der Waals surface area contributed by atoms with E-state index in [1.807, 2.05) is 0 Å². The molecule has 0 radical (unpaired) electrons. The second-order valence-electron chi connectivity index (χ2n) is 8.60. The van der Waals surface area contributed by atoms with Gasteiger partial charge >= 0.3 is 6.03 Å². The summed E-state index contributed by atoms with van der Waals surface area (Å²) in [6.07, 6.45) is 3.63. The van der Waals surface area contributed by atoms with Crippen molar-refractivity contribution in [1.82, 2.24) is 25.3 Å². The van der Waals surface area contributed by atoms with Crippen molar-refractivity contribution in [3.8, 4) is 0 Å². The zero-order valence-electron chi connectivity index (χ0n) is 18.4. The van der Waals surface area contributed by atoms with Crippen LogP contribution in [0.25, 0.3) is 0 Å². The topological polar surface area (TPSA) is 80.3 Å². The lowest BCUT2D eigenvalue weighted by atomic mass is 9.83. The zero-order chi connectivity index (χ0) is 21.6. The number of nitrogens with one attached hydrogen (secondary N) is 2. The third-order valence-electron chi connectivity index (χ3n) is 6.57. The van der Waals surface area contributed by atoms with Crippen LogP contribution in [-0.4, -0.2) is 84.5 Å². The van der Waals surface area contributed by atoms with E-state index in [0.29, 0.717) is 25.0 Å². The lowest BCUT2D eigenvalue weighted by Crippen LogP contribution is -2.56. The Morgan fingerprint density at radius 2 is 2.03 bits per heavy atom. The third kappa shape index (κ3) is 5.18. The van der Waals surface area contributed by atoms with Crippen LogP contribution in [0.1, 0.15) is 31.7 Å². The summed E-state index contributed by atoms with van der Waals surface area (Å²) in [4.78, 5) is 34.5. The van der Waals surface area contributed by atoms with Crippen LogP contribution in [0.2, 0.25) is 0 Å². The molecule has 2 unspecified atom stereocenters. The molecule has 8 nitrogen and oxygen atoms in total. The number of rotatable bonds is 6. The van der Waals surface area contributed by atoms with Crippen LogP contribution in [-0.2, 0) is 11.3 Å². The van der Waals surface area contributed by atoms with Crippen LogP contribution < -0.4 is 10.6 Å². The highest BCUT2D eigenvalue weighted by molar-refractivity contribution is 6.01. The summed E-state index contributed by atoms with van der Waals surface area (Å²) in [5, 5.41) is 5.96. The van der Waals surface area contributed by atoms with Gasteiger partial charge in [0.1, 0.15) is 0 Å². The van der Waals surface area contributed by atoms with E-state index in [0.717, 1.165) is 38.6 Å². The number of amides is 3. The zero-order valence-corrected chi connectivity index (χ0v) is 18.4. The van der Waals surface area contributed by atoms with Gasteiger partial charge in [-0.15, -0.1) is 0 Å². The van der Waals surface area contributed by atoms with Gasteiger partial charge in [-0.05, 0) is 44.2 Å². The molecule has 31 heavy (non-hydrogen) atoms. The first kappa shape index (κ1) is 21.6. The Labute approximate surface area is 184 Å². The van der Waals surface area contributed by atoms with Gasteiger partial charge in [-0.1, -0.05) is 30.3 Å². The van der Waals surface area contributed by atoms with E-state index >= 15 is 0 Å². The minimum Gasteiger partial charge on any atom is -0.357 e. The Morgan fingerprint density at radius 3 is 2.77 bits per heavy atom. The molecule has 3 aliphatic heterocycles. The van der Waals surface area contributed by atoms with Gasteiger partial charge in [0.2, 0.25) is 5.91 Å². The molecular formula is C23H34N6O2. The molecular weight excluding hydrogens is 392 g/mol. The van der Waals surface area contributed by atoms with Gasteiger partial charge in [-0.3, -0.25) is 19.6 Å². The molecule has 2 N–H and O–H groups in total. The van der Waals surface area contributed by atoms with Crippen molar-refractivity contribution in [1.29, 1.82) is 0 Å². The Kier molecular flexibility index (Phi) is 7.06. The van der Waals surface area contributed by atoms with E-state index in [9.17, 15) is 9.59 Å². The number of urea groups is 1. The first-order chi connectivity index (χ1) is 15.2. The highest BCUT2D eigenvalue weighted by Crippen LogP contribution is 2.31. The number of guanidine groups is 1. The highest BCUT2D eigenvalue weighted by atomic mass is 16.2. The maximum atomic E-state index is 11.8. The summed E-state index contributed by atoms with van der Waals surface area (Å²) in [5.41, 5.74) is 1.39. The standard InChI is InChI=1S/C23H34N6O2/c1-2-24-22(25-11-14-29-21(30)15-26-23(29)31)28-13-10-20-19(17-28)9-6-12-27(20)16-18-7-4-3-5-8-18/h3-5,7-8,19-20H,2,6,9-17H2,1H3,(H,24,25)(H,26,31). The first-order valence-electron chi connectivity index (χ1n) is 11.5. The van der Waals surface area contributed by atoms with Crippen LogP contribution in [0.3, 0.4) is 0 Å². The fourth-order valence-electron chi connectivity index (χ4n) is 5.08. The second-order valence-corrected chi connectivity index (χ2v) is 8.60. The van der Waals surface area contributed by atoms with Crippen molar-refractivity contribution in [2.45, 2.75) is 38.8 Å². The molecule has 3 aliphatic rings. The average Bonchev–Trinajstić information content (AvgIpc) is 3.11. The molecule has 3 heterocycles. The molecule has 168 valence electrons. The number of carbonyl (C=O) groups is 2. The number of nitrogens with zero attached hydrogens (tertiary/aromatic N) is 4. The maximum Gasteiger partial charge on any atom is 0.324 e. The molecule has 3 saturated heterocycles. The molecule has 0 aromatic heterocycles. The number of likely N-dealkylation sites (tertiary alicyclic amines) is 2. The number of hydrogen-bond donors (Lipinski definition) is 2. The number of benzene rings is 1. The molecule has 4 rings (SSSR count). The fraction of sp³-hybridized carbons (Fsp3) is 0.609. The third-order valence-corrected chi connectivity index (χ3v) is 6.57. The largest absolute Gasteiger partial charge is 0.357 e. The summed E-state index contributed by atoms with van der Waals surface area (Å²) >= 11 is 0. The van der Waals surface area contributed by atoms with Crippen molar-refractivity contribution in [2.75, 3.05) is 45.8 Å². The maximum absolute atomic E-state index is 11.8. The van der Waals surface area contributed by atoms with E-state index in [1.165, 1.54) is 29.8 Å². The van der Waals surface area contributed by atoms with E-state index in [4.69, 9.17) is 4.99 Å². The van der Waals surface area contributed by atoms with Crippen LogP contribution in [0.15, 0.2) is 35.3 Å². The predicted octanol–water partition coefficient (Wildman–Crippen LogP) is 1.49. The summed E-state index contributed by atoms with van der Waals surface area (Å²) < 4.78 is 0. The van der Waals surface area contributed by atoms with Crippen LogP contribution in [0.4, 0.5) is 4.79 Å². The van der Waals surface area contributed by atoms with Gasteiger partial charge in [0.15, 0.2) is 5.96 Å². The number of aliphatic imine (C=N–C) groups is 1. The second kappa shape index (κ2) is 10.1. The van der Waals surface area contributed by atoms with E-state index in [2.05, 4.69) is 57.7 Å². The molecule has 0 spiro atoms. The van der Waals surface area contributed by atoms with Gasteiger partial charge < -0.3 is 15.5 Å². The number of hydrogen-bond acceptors (Lipinski definition) is 4. The van der Waals surface area contributed by atoms with E-state index < -0.39 is 0 Å². The SMILES string of the molecule is CCNC(=NCCN1C(=O)CNC1=O)N1CCC2C(CCCN2Cc2ccccc2)C1. The quantitative estimate of drug-likeness (QED) is 0.409. The summed E-state index contributed by atoms with van der Waals surface area (Å²) in [6.45, 7) is 7.90. The van der Waals surface area contributed by atoms with Gasteiger partial charge in [0.05, 0.1) is 19.6 Å². The number of imide groups is 1. The Bertz CT molecular complexity index is 783. The van der Waals surface area contributed by atoms with Crippen molar-refractivity contribution in [2.24, 2.45) is 10.9 Å². The monoisotopic (exact) mass is 426 g/mol. The summed E-state index contributed by atoms with van der Waals surface area (Å²) in [7, 11) is 0. The molecule has 8 heteroatoms. The van der Waals surface area contributed by atoms with Crippen LogP contribution in [0.5, 0.6) is 0 Å². The molecule has 3 fully saturated rings. The normalized spacial score (nSPS) is 24.9. The smallest absolute Gasteiger partial charge is 0.324 e. The predicted molar refractivity (Wildman–Crippen MR) is 121 cm³/mol. The fourth-order valence-corrected chi connectivity index (χ4v) is 5.08. The van der Waals surface area contributed by atoms with Gasteiger partial charge in [-0.25, -0.2) is 4.79 Å². The molecule has 2 atom stereocenters. The van der Waals surface area contributed by atoms with Crippen LogP contribution in [0, 0.1) is 5.92 Å². The van der Waals surface area contributed by atoms with Crippen molar-refractivity contribution in [3.05, 3.63) is 35.9 Å². The Hall–Kier alpha value is -2.61. The molecule has 0 aliphatic carbocycles. The minimum absolute atomic E-state index is 0.0945. The Balaban J connectivity index is 1.36. The number of fused-ring (bicyclic) bond motifs is 1. The number of carbonyl (C=O) groups excluding carboxylic acids is 2. The molecule has 1 aromatic carbocycles. The average molecular weight is 427 g/mol. The lowest BCUT2D eigenvalue weighted by Gasteiger charge is -2.48. The van der Waals surface area contributed by atoms with Crippen molar-refractivity contribution < 1.29 is 9.59 Å². The highest BCUT2D eigenvalue weighted by Gasteiger charge is 2.36. The first-order valence-corrected chi connectivity index (χ1v) is 11.5. The van der Waals surface area contributed by atoms with E-state index in [-0.39, 0.29) is 18.5 Å². The van der Waals surface area contributed by atoms with Gasteiger partial charge in [0.25, 0.3) is 0 Å². The molecule has 3 amide bonds. The van der Waals surface area contributed by atoms with Gasteiger partial charge in [-0.2, -0.15) is 0 Å². The molecule has 0 bridgehead atoms. The summed E-state index contributed by atoms with van der Waals surface area (Å²) in [6, 6.07) is 11.1. The molecule has 0 saturated carbocycles. The minimum atomic E-state index is -0.313. The Morgan fingerprint density at radius 1 is 1.19 bits per heavy atom. The van der Waals surface area contributed by atoms with Gasteiger partial charge in [0, 0.05) is 32.2 Å². The lowest BCUT2D eigenvalue weighted by molar-refractivity contribution is -0.124. The van der Waals surface area contributed by atoms with Crippen molar-refractivity contribution in [3.63, 3.8) is 0 Å². The van der Waals surface area contributed by atoms with Crippen molar-refractivity contribution >= 4 is 17.9 Å². The van der Waals surface area contributed by atoms with Crippen LogP contribution >= 0.6 is 0 Å².